The van der Waals surface area contributed by atoms with Crippen LogP contribution in [-0.4, -0.2) is 27.0 Å². The monoisotopic (exact) mass is 523 g/mol. The maximum Gasteiger partial charge on any atom is 0.296 e. The van der Waals surface area contributed by atoms with Crippen molar-refractivity contribution in [2.75, 3.05) is 4.90 Å². The molecule has 0 fully saturated rings. The maximum absolute atomic E-state index is 13.4. The number of ketones is 1. The molecule has 0 spiro atoms. The van der Waals surface area contributed by atoms with Gasteiger partial charge in [0.25, 0.3) is 5.91 Å². The van der Waals surface area contributed by atoms with Crippen LogP contribution in [-0.2, 0) is 10.5 Å². The van der Waals surface area contributed by atoms with Crippen LogP contribution in [0.1, 0.15) is 33.5 Å². The molecule has 0 bridgehead atoms. The molecule has 1 atom stereocenters. The van der Waals surface area contributed by atoms with E-state index in [0.717, 1.165) is 5.56 Å². The zero-order valence-electron chi connectivity index (χ0n) is 18.3. The van der Waals surface area contributed by atoms with E-state index in [-0.39, 0.29) is 16.5 Å². The zero-order valence-corrected chi connectivity index (χ0v) is 20.7. The average Bonchev–Trinajstić information content (AvgIpc) is 3.57. The van der Waals surface area contributed by atoms with Crippen LogP contribution in [0.2, 0.25) is 5.02 Å². The van der Waals surface area contributed by atoms with Crippen LogP contribution in [0.25, 0.3) is 0 Å². The van der Waals surface area contributed by atoms with E-state index in [0.29, 0.717) is 26.4 Å². The number of hydrogen-bond acceptors (Lipinski definition) is 8. The summed E-state index contributed by atoms with van der Waals surface area (Å²) in [7, 11) is 0. The van der Waals surface area contributed by atoms with E-state index >= 15 is 0 Å². The number of carbonyl (C=O) groups excluding carboxylic acids is 2. The topological polar surface area (TPSA) is 96.5 Å². The molecule has 35 heavy (non-hydrogen) atoms. The number of anilines is 1. The smallest absolute Gasteiger partial charge is 0.296 e. The van der Waals surface area contributed by atoms with Crippen LogP contribution in [0, 0.1) is 6.92 Å². The van der Waals surface area contributed by atoms with Gasteiger partial charge in [-0.25, -0.2) is 0 Å². The third kappa shape index (κ3) is 4.62. The van der Waals surface area contributed by atoms with E-state index in [4.69, 9.17) is 16.0 Å². The largest absolute Gasteiger partial charge is 0.503 e. The molecular formula is C25H18ClN3O4S2. The van der Waals surface area contributed by atoms with E-state index in [9.17, 15) is 14.7 Å². The maximum atomic E-state index is 13.4. The van der Waals surface area contributed by atoms with Gasteiger partial charge in [-0.3, -0.25) is 14.5 Å². The summed E-state index contributed by atoms with van der Waals surface area (Å²) in [5.74, 6) is -0.676. The molecule has 1 amide bonds. The summed E-state index contributed by atoms with van der Waals surface area (Å²) < 4.78 is 6.15. The van der Waals surface area contributed by atoms with Gasteiger partial charge in [0.15, 0.2) is 15.9 Å². The van der Waals surface area contributed by atoms with Gasteiger partial charge in [0, 0.05) is 10.8 Å². The molecule has 0 radical (unpaired) electrons. The number of aliphatic hydroxyl groups is 1. The second-order valence-electron chi connectivity index (χ2n) is 7.76. The highest BCUT2D eigenvalue weighted by Crippen LogP contribution is 2.44. The molecule has 1 aliphatic heterocycles. The molecule has 2 aromatic heterocycles. The Kier molecular flexibility index (Phi) is 6.46. The minimum absolute atomic E-state index is 0.0361. The Bertz CT molecular complexity index is 1430. The Morgan fingerprint density at radius 2 is 1.86 bits per heavy atom. The quantitative estimate of drug-likeness (QED) is 0.176. The van der Waals surface area contributed by atoms with Crippen molar-refractivity contribution in [3.8, 4) is 0 Å². The first-order valence-corrected chi connectivity index (χ1v) is 12.7. The normalized spacial score (nSPS) is 15.8. The molecule has 1 unspecified atom stereocenters. The van der Waals surface area contributed by atoms with Crippen LogP contribution in [0.3, 0.4) is 0 Å². The number of nitrogens with zero attached hydrogens (tertiary/aromatic N) is 3. The van der Waals surface area contributed by atoms with E-state index in [1.54, 1.807) is 37.3 Å². The van der Waals surface area contributed by atoms with Crippen LogP contribution in [0.4, 0.5) is 5.13 Å². The van der Waals surface area contributed by atoms with Crippen molar-refractivity contribution in [2.45, 2.75) is 23.1 Å². The first-order chi connectivity index (χ1) is 16.9. The van der Waals surface area contributed by atoms with E-state index in [1.807, 2.05) is 30.3 Å². The Morgan fingerprint density at radius 1 is 1.11 bits per heavy atom. The molecule has 1 aliphatic rings. The summed E-state index contributed by atoms with van der Waals surface area (Å²) in [6.45, 7) is 1.71. The highest BCUT2D eigenvalue weighted by Gasteiger charge is 2.46. The van der Waals surface area contributed by atoms with Crippen molar-refractivity contribution < 1.29 is 19.1 Å². The predicted octanol–water partition coefficient (Wildman–Crippen LogP) is 6.17. The van der Waals surface area contributed by atoms with Crippen molar-refractivity contribution in [1.82, 2.24) is 10.2 Å². The number of hydrogen-bond donors (Lipinski definition) is 1. The van der Waals surface area contributed by atoms with E-state index < -0.39 is 23.5 Å². The fourth-order valence-electron chi connectivity index (χ4n) is 3.76. The number of carbonyl (C=O) groups is 2. The van der Waals surface area contributed by atoms with Crippen molar-refractivity contribution in [3.63, 3.8) is 0 Å². The predicted molar refractivity (Wildman–Crippen MR) is 135 cm³/mol. The molecule has 176 valence electrons. The molecule has 0 saturated heterocycles. The summed E-state index contributed by atoms with van der Waals surface area (Å²) in [5.41, 5.74) is 1.64. The first-order valence-electron chi connectivity index (χ1n) is 10.6. The molecule has 10 heteroatoms. The highest BCUT2D eigenvalue weighted by atomic mass is 35.5. The minimum atomic E-state index is -0.919. The van der Waals surface area contributed by atoms with Gasteiger partial charge in [0.1, 0.15) is 5.76 Å². The van der Waals surface area contributed by atoms with Crippen molar-refractivity contribution in [2.24, 2.45) is 0 Å². The molecule has 0 aliphatic carbocycles. The van der Waals surface area contributed by atoms with Crippen LogP contribution in [0.15, 0.2) is 86.8 Å². The van der Waals surface area contributed by atoms with Gasteiger partial charge in [-0.15, -0.1) is 10.2 Å². The van der Waals surface area contributed by atoms with Crippen molar-refractivity contribution in [1.29, 1.82) is 0 Å². The van der Waals surface area contributed by atoms with Crippen LogP contribution >= 0.6 is 34.7 Å². The molecule has 0 saturated carbocycles. The summed E-state index contributed by atoms with van der Waals surface area (Å²) in [6, 6.07) is 18.9. The highest BCUT2D eigenvalue weighted by molar-refractivity contribution is 8.00. The fraction of sp³-hybridized carbons (Fsp3) is 0.120. The summed E-state index contributed by atoms with van der Waals surface area (Å²) in [6.07, 6.45) is 0. The van der Waals surface area contributed by atoms with Crippen molar-refractivity contribution >= 4 is 51.5 Å². The number of thioether (sulfide) groups is 1. The number of Topliss-reactive ketones (excluding diaryl/α,β-unsaturated/α-hetero) is 1. The molecule has 5 rings (SSSR count). The molecule has 4 aromatic rings. The molecular weight excluding hydrogens is 506 g/mol. The average molecular weight is 524 g/mol. The fourth-order valence-corrected chi connectivity index (χ4v) is 5.71. The minimum Gasteiger partial charge on any atom is -0.503 e. The second-order valence-corrected chi connectivity index (χ2v) is 10.4. The first kappa shape index (κ1) is 23.3. The number of aromatic nitrogens is 2. The van der Waals surface area contributed by atoms with Gasteiger partial charge in [-0.2, -0.15) is 0 Å². The van der Waals surface area contributed by atoms with Gasteiger partial charge >= 0.3 is 0 Å². The summed E-state index contributed by atoms with van der Waals surface area (Å²) >= 11 is 8.78. The number of aryl methyl sites for hydroxylation is 1. The number of halogens is 1. The molecule has 7 nitrogen and oxygen atoms in total. The lowest BCUT2D eigenvalue weighted by Gasteiger charge is -2.23. The molecule has 3 heterocycles. The lowest BCUT2D eigenvalue weighted by atomic mass is 9.95. The van der Waals surface area contributed by atoms with E-state index in [1.165, 1.54) is 34.1 Å². The Labute approximate surface area is 214 Å². The number of amides is 1. The van der Waals surface area contributed by atoms with Gasteiger partial charge in [-0.1, -0.05) is 77.2 Å². The molecule has 1 N–H and O–H groups in total. The third-order valence-electron chi connectivity index (χ3n) is 5.41. The van der Waals surface area contributed by atoms with Gasteiger partial charge in [0.2, 0.25) is 10.9 Å². The van der Waals surface area contributed by atoms with Crippen LogP contribution < -0.4 is 4.90 Å². The Balaban J connectivity index is 1.50. The third-order valence-corrected chi connectivity index (χ3v) is 7.79. The van der Waals surface area contributed by atoms with Gasteiger partial charge in [-0.05, 0) is 42.3 Å². The molecule has 2 aromatic carbocycles. The zero-order chi connectivity index (χ0) is 24.5. The summed E-state index contributed by atoms with van der Waals surface area (Å²) in [5, 5.41) is 20.0. The number of rotatable bonds is 7. The van der Waals surface area contributed by atoms with E-state index in [2.05, 4.69) is 10.2 Å². The Morgan fingerprint density at radius 3 is 2.54 bits per heavy atom. The number of benzene rings is 2. The number of aliphatic hydroxyl groups excluding tert-OH is 1. The summed E-state index contributed by atoms with van der Waals surface area (Å²) in [4.78, 5) is 27.9. The lowest BCUT2D eigenvalue weighted by molar-refractivity contribution is -0.117. The van der Waals surface area contributed by atoms with Gasteiger partial charge < -0.3 is 9.52 Å². The lowest BCUT2D eigenvalue weighted by Crippen LogP contribution is -2.31. The SMILES string of the molecule is Cc1ccc(C(=O)C2=C(O)C(=O)N(c3nnc(SCc4ccccc4)s3)C2c2ccc(Cl)cc2)o1. The Hall–Kier alpha value is -3.40. The van der Waals surface area contributed by atoms with Gasteiger partial charge in [0.05, 0.1) is 11.6 Å². The standard InChI is InChI=1S/C25H18ClN3O4S2/c1-14-7-12-18(33-14)21(30)19-20(16-8-10-17(26)11-9-16)29(23(32)22(19)31)24-27-28-25(35-24)34-13-15-5-3-2-4-6-15/h2-12,20,31H,13H2,1H3. The second kappa shape index (κ2) is 9.69. The van der Waals surface area contributed by atoms with Crippen LogP contribution in [0.5, 0.6) is 0 Å². The number of furan rings is 1. The van der Waals surface area contributed by atoms with Crippen molar-refractivity contribution in [3.05, 3.63) is 106 Å².